The smallest absolute Gasteiger partial charge is 0.157 e. The van der Waals surface area contributed by atoms with E-state index in [9.17, 15) is 0 Å². The Morgan fingerprint density at radius 1 is 1.42 bits per heavy atom. The molecule has 0 fully saturated rings. The zero-order chi connectivity index (χ0) is 13.1. The minimum Gasteiger partial charge on any atom is -0.493 e. The van der Waals surface area contributed by atoms with Crippen LogP contribution in [0.5, 0.6) is 11.5 Å². The molecule has 3 rings (SSSR count). The Labute approximate surface area is 113 Å². The Bertz CT molecular complexity index is 563. The number of benzene rings is 1. The van der Waals surface area contributed by atoms with Crippen molar-refractivity contribution in [3.8, 4) is 11.5 Å². The molecule has 0 saturated carbocycles. The Morgan fingerprint density at radius 3 is 3.21 bits per heavy atom. The van der Waals surface area contributed by atoms with Crippen LogP contribution in [0.3, 0.4) is 0 Å². The van der Waals surface area contributed by atoms with E-state index in [4.69, 9.17) is 9.47 Å². The van der Waals surface area contributed by atoms with E-state index < -0.39 is 0 Å². The second kappa shape index (κ2) is 5.34. The molecule has 0 N–H and O–H groups in total. The minimum absolute atomic E-state index is 0.676. The Kier molecular flexibility index (Phi) is 3.40. The zero-order valence-corrected chi connectivity index (χ0v) is 11.1. The highest BCUT2D eigenvalue weighted by Crippen LogP contribution is 2.26. The molecule has 0 unspecified atom stereocenters. The van der Waals surface area contributed by atoms with Gasteiger partial charge in [0, 0.05) is 19.4 Å². The Morgan fingerprint density at radius 2 is 2.37 bits per heavy atom. The van der Waals surface area contributed by atoms with Crippen LogP contribution in [0.1, 0.15) is 18.1 Å². The maximum atomic E-state index is 5.70. The molecule has 1 aliphatic heterocycles. The van der Waals surface area contributed by atoms with E-state index in [2.05, 4.69) is 30.2 Å². The number of hydrogen-bond acceptors (Lipinski definition) is 3. The second-order valence-corrected chi connectivity index (χ2v) is 4.67. The van der Waals surface area contributed by atoms with Crippen molar-refractivity contribution in [2.75, 3.05) is 13.2 Å². The molecule has 0 bridgehead atoms. The molecule has 1 aromatic heterocycles. The first-order valence-electron chi connectivity index (χ1n) is 6.75. The number of ether oxygens (including phenoxy) is 2. The van der Waals surface area contributed by atoms with E-state index >= 15 is 0 Å². The molecule has 0 aliphatic carbocycles. The third-order valence-electron chi connectivity index (χ3n) is 3.35. The molecular formula is C15H18N2O2. The van der Waals surface area contributed by atoms with Gasteiger partial charge in [-0.1, -0.05) is 12.1 Å². The predicted molar refractivity (Wildman–Crippen MR) is 72.7 cm³/mol. The van der Waals surface area contributed by atoms with E-state index in [1.165, 1.54) is 11.1 Å². The number of nitrogens with zero attached hydrogens (tertiary/aromatic N) is 2. The van der Waals surface area contributed by atoms with Crippen LogP contribution < -0.4 is 9.47 Å². The summed E-state index contributed by atoms with van der Waals surface area (Å²) in [4.78, 5) is 0. The lowest BCUT2D eigenvalue weighted by atomic mass is 10.1. The number of fused-ring (bicyclic) bond motifs is 1. The standard InChI is InChI=1S/C15H18N2O2/c1-2-17-11-14(10-16-17)18-7-5-12-3-4-15-13(9-12)6-8-19-15/h3-4,9-11H,2,5-8H2,1H3. The first kappa shape index (κ1) is 12.1. The summed E-state index contributed by atoms with van der Waals surface area (Å²) in [5, 5.41) is 4.18. The van der Waals surface area contributed by atoms with Gasteiger partial charge in [0.25, 0.3) is 0 Å². The van der Waals surface area contributed by atoms with Gasteiger partial charge in [-0.15, -0.1) is 0 Å². The molecule has 19 heavy (non-hydrogen) atoms. The molecular weight excluding hydrogens is 240 g/mol. The van der Waals surface area contributed by atoms with Crippen LogP contribution in [0, 0.1) is 0 Å². The van der Waals surface area contributed by atoms with Crippen LogP contribution in [-0.4, -0.2) is 23.0 Å². The molecule has 100 valence electrons. The van der Waals surface area contributed by atoms with Crippen molar-refractivity contribution in [1.29, 1.82) is 0 Å². The summed E-state index contributed by atoms with van der Waals surface area (Å²) in [6.07, 6.45) is 5.62. The largest absolute Gasteiger partial charge is 0.493 e. The lowest BCUT2D eigenvalue weighted by molar-refractivity contribution is 0.321. The van der Waals surface area contributed by atoms with E-state index in [0.29, 0.717) is 6.61 Å². The van der Waals surface area contributed by atoms with Gasteiger partial charge in [0.05, 0.1) is 25.6 Å². The maximum absolute atomic E-state index is 5.70. The SMILES string of the molecule is CCn1cc(OCCc2ccc3c(c2)CCO3)cn1. The summed E-state index contributed by atoms with van der Waals surface area (Å²) in [6.45, 7) is 4.41. The van der Waals surface area contributed by atoms with Crippen molar-refractivity contribution in [3.05, 3.63) is 41.7 Å². The van der Waals surface area contributed by atoms with Gasteiger partial charge in [0.1, 0.15) is 5.75 Å². The fourth-order valence-electron chi connectivity index (χ4n) is 2.27. The van der Waals surface area contributed by atoms with Crippen LogP contribution in [0.4, 0.5) is 0 Å². The zero-order valence-electron chi connectivity index (χ0n) is 11.1. The molecule has 0 amide bonds. The van der Waals surface area contributed by atoms with Crippen LogP contribution in [0.25, 0.3) is 0 Å². The van der Waals surface area contributed by atoms with Gasteiger partial charge in [-0.2, -0.15) is 5.10 Å². The summed E-state index contributed by atoms with van der Waals surface area (Å²) < 4.78 is 13.1. The molecule has 0 atom stereocenters. The molecule has 0 saturated heterocycles. The van der Waals surface area contributed by atoms with Gasteiger partial charge in [0.15, 0.2) is 5.75 Å². The van der Waals surface area contributed by atoms with Crippen molar-refractivity contribution < 1.29 is 9.47 Å². The molecule has 1 aromatic carbocycles. The monoisotopic (exact) mass is 258 g/mol. The second-order valence-electron chi connectivity index (χ2n) is 4.67. The fourth-order valence-corrected chi connectivity index (χ4v) is 2.27. The van der Waals surface area contributed by atoms with Gasteiger partial charge in [-0.05, 0) is 24.1 Å². The number of aromatic nitrogens is 2. The van der Waals surface area contributed by atoms with Crippen molar-refractivity contribution in [2.24, 2.45) is 0 Å². The fraction of sp³-hybridized carbons (Fsp3) is 0.400. The van der Waals surface area contributed by atoms with Gasteiger partial charge < -0.3 is 9.47 Å². The summed E-state index contributed by atoms with van der Waals surface area (Å²) in [5.74, 6) is 1.88. The van der Waals surface area contributed by atoms with Gasteiger partial charge in [-0.3, -0.25) is 4.68 Å². The number of hydrogen-bond donors (Lipinski definition) is 0. The molecule has 0 radical (unpaired) electrons. The predicted octanol–water partition coefficient (Wildman–Crippen LogP) is 2.46. The highest BCUT2D eigenvalue weighted by atomic mass is 16.5. The van der Waals surface area contributed by atoms with Crippen molar-refractivity contribution >= 4 is 0 Å². The molecule has 0 spiro atoms. The Balaban J connectivity index is 1.54. The molecule has 4 nitrogen and oxygen atoms in total. The van der Waals surface area contributed by atoms with Crippen LogP contribution >= 0.6 is 0 Å². The van der Waals surface area contributed by atoms with Gasteiger partial charge >= 0.3 is 0 Å². The van der Waals surface area contributed by atoms with E-state index in [-0.39, 0.29) is 0 Å². The third-order valence-corrected chi connectivity index (χ3v) is 3.35. The van der Waals surface area contributed by atoms with E-state index in [1.54, 1.807) is 6.20 Å². The van der Waals surface area contributed by atoms with E-state index in [0.717, 1.165) is 37.5 Å². The average Bonchev–Trinajstić information content (AvgIpc) is 3.06. The first-order chi connectivity index (χ1) is 9.35. The third kappa shape index (κ3) is 2.72. The van der Waals surface area contributed by atoms with Crippen molar-refractivity contribution in [3.63, 3.8) is 0 Å². The van der Waals surface area contributed by atoms with Crippen molar-refractivity contribution in [2.45, 2.75) is 26.3 Å². The maximum Gasteiger partial charge on any atom is 0.157 e. The molecule has 4 heteroatoms. The molecule has 2 aromatic rings. The lowest BCUT2D eigenvalue weighted by Gasteiger charge is -2.05. The summed E-state index contributed by atoms with van der Waals surface area (Å²) >= 11 is 0. The lowest BCUT2D eigenvalue weighted by Crippen LogP contribution is -2.01. The van der Waals surface area contributed by atoms with Gasteiger partial charge in [-0.25, -0.2) is 0 Å². The summed E-state index contributed by atoms with van der Waals surface area (Å²) in [5.41, 5.74) is 2.61. The summed E-state index contributed by atoms with van der Waals surface area (Å²) in [6, 6.07) is 6.40. The van der Waals surface area contributed by atoms with Gasteiger partial charge in [0.2, 0.25) is 0 Å². The van der Waals surface area contributed by atoms with Crippen LogP contribution in [0.15, 0.2) is 30.6 Å². The summed E-state index contributed by atoms with van der Waals surface area (Å²) in [7, 11) is 0. The highest BCUT2D eigenvalue weighted by Gasteiger charge is 2.11. The van der Waals surface area contributed by atoms with Crippen LogP contribution in [-0.2, 0) is 19.4 Å². The van der Waals surface area contributed by atoms with Crippen LogP contribution in [0.2, 0.25) is 0 Å². The topological polar surface area (TPSA) is 36.3 Å². The average molecular weight is 258 g/mol. The number of rotatable bonds is 5. The number of aryl methyl sites for hydroxylation is 1. The normalized spacial score (nSPS) is 13.1. The molecule has 1 aliphatic rings. The quantitative estimate of drug-likeness (QED) is 0.826. The molecule has 2 heterocycles. The van der Waals surface area contributed by atoms with Crippen molar-refractivity contribution in [1.82, 2.24) is 9.78 Å². The van der Waals surface area contributed by atoms with E-state index in [1.807, 2.05) is 10.9 Å². The Hall–Kier alpha value is -1.97. The minimum atomic E-state index is 0.676. The highest BCUT2D eigenvalue weighted by molar-refractivity contribution is 5.39. The first-order valence-corrected chi connectivity index (χ1v) is 6.75.